The lowest BCUT2D eigenvalue weighted by Crippen LogP contribution is -2.33. The minimum Gasteiger partial charge on any atom is -0.480 e. The van der Waals surface area contributed by atoms with E-state index in [0.717, 1.165) is 67.9 Å². The van der Waals surface area contributed by atoms with Crippen molar-refractivity contribution in [3.63, 3.8) is 0 Å². The SMILES string of the molecule is O=C(O)C(c1ccc(C(F)(F)F)cc1)N1CC[C@@H](OCCCCc2ccc3c(n2)CCCN3)C1. The number of nitrogens with one attached hydrogen (secondary N) is 1. The fourth-order valence-electron chi connectivity index (χ4n) is 4.66. The van der Waals surface area contributed by atoms with Gasteiger partial charge in [0.15, 0.2) is 0 Å². The number of unbranched alkanes of at least 4 members (excludes halogenated alkanes) is 1. The molecule has 1 fully saturated rings. The van der Waals surface area contributed by atoms with Crippen LogP contribution in [0.4, 0.5) is 18.9 Å². The zero-order valence-corrected chi connectivity index (χ0v) is 19.0. The summed E-state index contributed by atoms with van der Waals surface area (Å²) in [5, 5.41) is 13.1. The molecule has 1 aromatic heterocycles. The second kappa shape index (κ2) is 10.7. The first-order valence-corrected chi connectivity index (χ1v) is 11.8. The van der Waals surface area contributed by atoms with Gasteiger partial charge in [-0.2, -0.15) is 13.2 Å². The van der Waals surface area contributed by atoms with Crippen LogP contribution in [0.5, 0.6) is 0 Å². The number of halogens is 3. The van der Waals surface area contributed by atoms with E-state index in [0.29, 0.717) is 31.7 Å². The number of likely N-dealkylation sites (tertiary alicyclic amines) is 1. The maximum Gasteiger partial charge on any atom is 0.416 e. The molecule has 2 aliphatic rings. The second-order valence-electron chi connectivity index (χ2n) is 8.92. The van der Waals surface area contributed by atoms with Gasteiger partial charge in [-0.3, -0.25) is 14.7 Å². The number of alkyl halides is 3. The Hall–Kier alpha value is -2.65. The van der Waals surface area contributed by atoms with E-state index in [1.54, 1.807) is 4.90 Å². The van der Waals surface area contributed by atoms with E-state index in [4.69, 9.17) is 9.72 Å². The van der Waals surface area contributed by atoms with E-state index in [1.165, 1.54) is 12.1 Å². The minimum absolute atomic E-state index is 0.0794. The summed E-state index contributed by atoms with van der Waals surface area (Å²) in [6, 6.07) is 7.56. The van der Waals surface area contributed by atoms with Gasteiger partial charge in [-0.05, 0) is 68.4 Å². The summed E-state index contributed by atoms with van der Waals surface area (Å²) in [5.74, 6) is -1.08. The third kappa shape index (κ3) is 6.07. The molecule has 0 amide bonds. The summed E-state index contributed by atoms with van der Waals surface area (Å²) in [4.78, 5) is 18.4. The number of nitrogens with zero attached hydrogens (tertiary/aromatic N) is 2. The summed E-state index contributed by atoms with van der Waals surface area (Å²) in [6.07, 6.45) is 1.03. The zero-order chi connectivity index (χ0) is 24.1. The van der Waals surface area contributed by atoms with Crippen molar-refractivity contribution in [2.24, 2.45) is 0 Å². The molecule has 2 N–H and O–H groups in total. The number of rotatable bonds is 9. The van der Waals surface area contributed by atoms with Crippen molar-refractivity contribution in [1.29, 1.82) is 0 Å². The molecular formula is C25H30F3N3O3. The van der Waals surface area contributed by atoms with Crippen LogP contribution in [0.2, 0.25) is 0 Å². The van der Waals surface area contributed by atoms with Gasteiger partial charge in [-0.15, -0.1) is 0 Å². The Balaban J connectivity index is 1.22. The molecule has 3 heterocycles. The van der Waals surface area contributed by atoms with Gasteiger partial charge in [-0.25, -0.2) is 0 Å². The van der Waals surface area contributed by atoms with Crippen LogP contribution in [-0.4, -0.2) is 53.3 Å². The van der Waals surface area contributed by atoms with Crippen molar-refractivity contribution in [2.45, 2.75) is 56.8 Å². The summed E-state index contributed by atoms with van der Waals surface area (Å²) < 4.78 is 44.4. The standard InChI is InChI=1S/C25H30F3N3O3/c26-25(27,28)18-8-6-17(7-9-18)23(24(32)33)31-14-12-20(16-31)34-15-2-1-4-19-10-11-21-22(30-19)5-3-13-29-21/h6-11,20,23,29H,1-5,12-16H2,(H,32,33)/t20-,23?/m1/s1. The van der Waals surface area contributed by atoms with Crippen molar-refractivity contribution in [3.8, 4) is 0 Å². The lowest BCUT2D eigenvalue weighted by atomic mass is 10.0. The number of carbonyl (C=O) groups is 1. The van der Waals surface area contributed by atoms with Crippen molar-refractivity contribution < 1.29 is 27.8 Å². The largest absolute Gasteiger partial charge is 0.480 e. The van der Waals surface area contributed by atoms with Gasteiger partial charge in [0.25, 0.3) is 0 Å². The molecule has 0 aliphatic carbocycles. The fourth-order valence-corrected chi connectivity index (χ4v) is 4.66. The van der Waals surface area contributed by atoms with E-state index in [-0.39, 0.29) is 6.10 Å². The third-order valence-corrected chi connectivity index (χ3v) is 6.45. The Bertz CT molecular complexity index is 982. The van der Waals surface area contributed by atoms with E-state index in [9.17, 15) is 23.1 Å². The molecule has 0 bridgehead atoms. The monoisotopic (exact) mass is 477 g/mol. The van der Waals surface area contributed by atoms with Crippen molar-refractivity contribution in [3.05, 3.63) is 58.9 Å². The highest BCUT2D eigenvalue weighted by Crippen LogP contribution is 2.32. The Morgan fingerprint density at radius 3 is 2.74 bits per heavy atom. The number of pyridine rings is 1. The number of aliphatic carboxylic acids is 1. The van der Waals surface area contributed by atoms with Gasteiger partial charge >= 0.3 is 12.1 Å². The fraction of sp³-hybridized carbons (Fsp3) is 0.520. The highest BCUT2D eigenvalue weighted by atomic mass is 19.4. The van der Waals surface area contributed by atoms with Crippen LogP contribution in [0.1, 0.15) is 54.2 Å². The molecule has 2 aromatic rings. The molecule has 6 nitrogen and oxygen atoms in total. The average molecular weight is 478 g/mol. The molecule has 9 heteroatoms. The van der Waals surface area contributed by atoms with Crippen molar-refractivity contribution >= 4 is 11.7 Å². The van der Waals surface area contributed by atoms with Gasteiger partial charge in [0.1, 0.15) is 6.04 Å². The van der Waals surface area contributed by atoms with E-state index >= 15 is 0 Å². The first-order chi connectivity index (χ1) is 16.3. The zero-order valence-electron chi connectivity index (χ0n) is 19.0. The van der Waals surface area contributed by atoms with Crippen LogP contribution in [-0.2, 0) is 28.5 Å². The van der Waals surface area contributed by atoms with E-state index in [1.807, 2.05) is 0 Å². The number of aryl methyl sites for hydroxylation is 2. The molecule has 4 rings (SSSR count). The molecule has 1 saturated heterocycles. The normalized spacial score (nSPS) is 19.4. The number of hydrogen-bond acceptors (Lipinski definition) is 5. The average Bonchev–Trinajstić information content (AvgIpc) is 3.26. The Kier molecular flexibility index (Phi) is 7.73. The molecule has 34 heavy (non-hydrogen) atoms. The first kappa shape index (κ1) is 24.5. The number of hydrogen-bond donors (Lipinski definition) is 2. The summed E-state index contributed by atoms with van der Waals surface area (Å²) in [5.41, 5.74) is 2.93. The molecule has 1 unspecified atom stereocenters. The number of fused-ring (bicyclic) bond motifs is 1. The number of ether oxygens (including phenoxy) is 1. The molecule has 1 aromatic carbocycles. The minimum atomic E-state index is -4.45. The van der Waals surface area contributed by atoms with E-state index in [2.05, 4.69) is 17.4 Å². The Morgan fingerprint density at radius 1 is 1.21 bits per heavy atom. The summed E-state index contributed by atoms with van der Waals surface area (Å²) in [6.45, 7) is 2.55. The number of carboxylic acid groups (broad SMARTS) is 1. The predicted octanol–water partition coefficient (Wildman–Crippen LogP) is 4.70. The van der Waals surface area contributed by atoms with Crippen molar-refractivity contribution in [1.82, 2.24) is 9.88 Å². The number of benzene rings is 1. The van der Waals surface area contributed by atoms with Crippen molar-refractivity contribution in [2.75, 3.05) is 31.6 Å². The maximum absolute atomic E-state index is 12.8. The Morgan fingerprint density at radius 2 is 2.00 bits per heavy atom. The number of aromatic nitrogens is 1. The van der Waals surface area contributed by atoms with Gasteiger partial charge in [0, 0.05) is 31.9 Å². The van der Waals surface area contributed by atoms with Crippen LogP contribution >= 0.6 is 0 Å². The van der Waals surface area contributed by atoms with Gasteiger partial charge in [-0.1, -0.05) is 12.1 Å². The lowest BCUT2D eigenvalue weighted by Gasteiger charge is -2.25. The van der Waals surface area contributed by atoms with Crippen LogP contribution < -0.4 is 5.32 Å². The highest BCUT2D eigenvalue weighted by Gasteiger charge is 2.35. The summed E-state index contributed by atoms with van der Waals surface area (Å²) in [7, 11) is 0. The maximum atomic E-state index is 12.8. The number of carboxylic acids is 1. The van der Waals surface area contributed by atoms with E-state index < -0.39 is 23.8 Å². The Labute approximate surface area is 197 Å². The van der Waals surface area contributed by atoms with Crippen LogP contribution in [0.3, 0.4) is 0 Å². The summed E-state index contributed by atoms with van der Waals surface area (Å²) >= 11 is 0. The topological polar surface area (TPSA) is 74.7 Å². The first-order valence-electron chi connectivity index (χ1n) is 11.8. The lowest BCUT2D eigenvalue weighted by molar-refractivity contribution is -0.143. The van der Waals surface area contributed by atoms with Gasteiger partial charge in [0.05, 0.1) is 23.0 Å². The van der Waals surface area contributed by atoms with Crippen LogP contribution in [0.15, 0.2) is 36.4 Å². The quantitative estimate of drug-likeness (QED) is 0.510. The molecular weight excluding hydrogens is 447 g/mol. The molecule has 0 radical (unpaired) electrons. The molecule has 184 valence electrons. The molecule has 2 aliphatic heterocycles. The molecule has 2 atom stereocenters. The second-order valence-corrected chi connectivity index (χ2v) is 8.92. The third-order valence-electron chi connectivity index (χ3n) is 6.45. The van der Waals surface area contributed by atoms with Gasteiger partial charge < -0.3 is 15.2 Å². The van der Waals surface area contributed by atoms with Gasteiger partial charge in [0.2, 0.25) is 0 Å². The molecule has 0 saturated carbocycles. The molecule has 0 spiro atoms. The predicted molar refractivity (Wildman–Crippen MR) is 122 cm³/mol. The van der Waals surface area contributed by atoms with Crippen LogP contribution in [0.25, 0.3) is 0 Å². The highest BCUT2D eigenvalue weighted by molar-refractivity contribution is 5.75. The van der Waals surface area contributed by atoms with Crippen LogP contribution in [0, 0.1) is 0 Å². The number of anilines is 1. The smallest absolute Gasteiger partial charge is 0.416 e.